The molecule has 1 amide bonds. The molecule has 0 radical (unpaired) electrons. The maximum atomic E-state index is 12.0. The summed E-state index contributed by atoms with van der Waals surface area (Å²) in [7, 11) is 0. The van der Waals surface area contributed by atoms with Gasteiger partial charge in [0.15, 0.2) is 0 Å². The van der Waals surface area contributed by atoms with Crippen LogP contribution in [-0.4, -0.2) is 10.9 Å². The van der Waals surface area contributed by atoms with Gasteiger partial charge < -0.3 is 11.1 Å². The minimum atomic E-state index is -0.166. The van der Waals surface area contributed by atoms with Gasteiger partial charge in [-0.2, -0.15) is 0 Å². The first-order valence-corrected chi connectivity index (χ1v) is 5.72. The molecular weight excluding hydrogens is 226 g/mol. The number of nitrogens with two attached hydrogens (primary N) is 1. The zero-order chi connectivity index (χ0) is 13.0. The molecule has 1 aromatic carbocycles. The zero-order valence-corrected chi connectivity index (χ0v) is 10.2. The Balaban J connectivity index is 2.14. The molecule has 1 aromatic heterocycles. The Bertz CT molecular complexity index is 549. The molecule has 0 unspecified atom stereocenters. The lowest BCUT2D eigenvalue weighted by molar-refractivity contribution is 0.102. The second-order valence-electron chi connectivity index (χ2n) is 4.02. The van der Waals surface area contributed by atoms with Gasteiger partial charge in [-0.15, -0.1) is 0 Å². The van der Waals surface area contributed by atoms with E-state index in [-0.39, 0.29) is 5.91 Å². The SMILES string of the molecule is Cc1cccnc1NC(=O)c1ccc(CN)cc1. The highest BCUT2D eigenvalue weighted by Crippen LogP contribution is 2.11. The van der Waals surface area contributed by atoms with Gasteiger partial charge >= 0.3 is 0 Å². The second kappa shape index (κ2) is 5.42. The van der Waals surface area contributed by atoms with Gasteiger partial charge in [-0.3, -0.25) is 4.79 Å². The fraction of sp³-hybridized carbons (Fsp3) is 0.143. The summed E-state index contributed by atoms with van der Waals surface area (Å²) in [5.41, 5.74) is 8.04. The van der Waals surface area contributed by atoms with Crippen molar-refractivity contribution in [1.29, 1.82) is 0 Å². The van der Waals surface area contributed by atoms with Crippen LogP contribution in [0, 0.1) is 6.92 Å². The summed E-state index contributed by atoms with van der Waals surface area (Å²) in [5, 5.41) is 2.78. The van der Waals surface area contributed by atoms with E-state index in [1.165, 1.54) is 0 Å². The van der Waals surface area contributed by atoms with Crippen molar-refractivity contribution in [2.45, 2.75) is 13.5 Å². The molecule has 0 saturated heterocycles. The molecule has 4 heteroatoms. The number of amides is 1. The lowest BCUT2D eigenvalue weighted by Crippen LogP contribution is -2.14. The molecule has 0 bridgehead atoms. The topological polar surface area (TPSA) is 68.0 Å². The third kappa shape index (κ3) is 2.73. The van der Waals surface area contributed by atoms with Crippen molar-refractivity contribution >= 4 is 11.7 Å². The molecule has 3 N–H and O–H groups in total. The number of anilines is 1. The van der Waals surface area contributed by atoms with E-state index < -0.39 is 0 Å². The third-order valence-corrected chi connectivity index (χ3v) is 2.69. The number of carbonyl (C=O) groups excluding carboxylic acids is 1. The van der Waals surface area contributed by atoms with Crippen LogP contribution >= 0.6 is 0 Å². The van der Waals surface area contributed by atoms with Crippen LogP contribution in [0.2, 0.25) is 0 Å². The van der Waals surface area contributed by atoms with E-state index in [0.717, 1.165) is 11.1 Å². The molecule has 2 rings (SSSR count). The average Bonchev–Trinajstić information content (AvgIpc) is 2.41. The van der Waals surface area contributed by atoms with Gasteiger partial charge in [0, 0.05) is 18.3 Å². The molecule has 0 saturated carbocycles. The van der Waals surface area contributed by atoms with Crippen molar-refractivity contribution < 1.29 is 4.79 Å². The van der Waals surface area contributed by atoms with Crippen LogP contribution in [0.15, 0.2) is 42.6 Å². The maximum Gasteiger partial charge on any atom is 0.256 e. The fourth-order valence-electron chi connectivity index (χ4n) is 1.59. The number of hydrogen-bond donors (Lipinski definition) is 2. The van der Waals surface area contributed by atoms with E-state index >= 15 is 0 Å². The minimum Gasteiger partial charge on any atom is -0.326 e. The van der Waals surface area contributed by atoms with Crippen molar-refractivity contribution in [3.8, 4) is 0 Å². The summed E-state index contributed by atoms with van der Waals surface area (Å²) in [5.74, 6) is 0.422. The van der Waals surface area contributed by atoms with Crippen molar-refractivity contribution in [3.05, 3.63) is 59.3 Å². The van der Waals surface area contributed by atoms with Gasteiger partial charge in [-0.1, -0.05) is 18.2 Å². The largest absolute Gasteiger partial charge is 0.326 e. The van der Waals surface area contributed by atoms with Crippen molar-refractivity contribution in [1.82, 2.24) is 4.98 Å². The van der Waals surface area contributed by atoms with Crippen LogP contribution in [0.3, 0.4) is 0 Å². The molecule has 0 atom stereocenters. The number of hydrogen-bond acceptors (Lipinski definition) is 3. The molecule has 0 aliphatic rings. The quantitative estimate of drug-likeness (QED) is 0.864. The predicted molar refractivity (Wildman–Crippen MR) is 71.3 cm³/mol. The van der Waals surface area contributed by atoms with E-state index in [0.29, 0.717) is 17.9 Å². The van der Waals surface area contributed by atoms with Crippen LogP contribution in [-0.2, 0) is 6.54 Å². The van der Waals surface area contributed by atoms with Crippen molar-refractivity contribution in [3.63, 3.8) is 0 Å². The summed E-state index contributed by atoms with van der Waals surface area (Å²) < 4.78 is 0. The van der Waals surface area contributed by atoms with Crippen molar-refractivity contribution in [2.75, 3.05) is 5.32 Å². The number of benzene rings is 1. The van der Waals surface area contributed by atoms with E-state index in [2.05, 4.69) is 10.3 Å². The first-order chi connectivity index (χ1) is 8.70. The van der Waals surface area contributed by atoms with Crippen LogP contribution in [0.4, 0.5) is 5.82 Å². The molecule has 0 aliphatic carbocycles. The number of aromatic nitrogens is 1. The van der Waals surface area contributed by atoms with Crippen LogP contribution < -0.4 is 11.1 Å². The molecule has 18 heavy (non-hydrogen) atoms. The van der Waals surface area contributed by atoms with Gasteiger partial charge in [0.25, 0.3) is 5.91 Å². The number of nitrogens with one attached hydrogen (secondary N) is 1. The summed E-state index contributed by atoms with van der Waals surface area (Å²) in [4.78, 5) is 16.1. The summed E-state index contributed by atoms with van der Waals surface area (Å²) >= 11 is 0. The average molecular weight is 241 g/mol. The molecule has 1 heterocycles. The summed E-state index contributed by atoms with van der Waals surface area (Å²) in [6.45, 7) is 2.38. The van der Waals surface area contributed by atoms with Gasteiger partial charge in [0.05, 0.1) is 0 Å². The smallest absolute Gasteiger partial charge is 0.256 e. The molecule has 0 spiro atoms. The van der Waals surface area contributed by atoms with E-state index in [4.69, 9.17) is 5.73 Å². The van der Waals surface area contributed by atoms with Gasteiger partial charge in [-0.25, -0.2) is 4.98 Å². The zero-order valence-electron chi connectivity index (χ0n) is 10.2. The first kappa shape index (κ1) is 12.3. The van der Waals surface area contributed by atoms with Gasteiger partial charge in [0.1, 0.15) is 5.82 Å². The Morgan fingerprint density at radius 3 is 2.61 bits per heavy atom. The Kier molecular flexibility index (Phi) is 3.69. The highest BCUT2D eigenvalue weighted by atomic mass is 16.1. The Labute approximate surface area is 106 Å². The summed E-state index contributed by atoms with van der Waals surface area (Å²) in [6.07, 6.45) is 1.65. The van der Waals surface area contributed by atoms with Crippen molar-refractivity contribution in [2.24, 2.45) is 5.73 Å². The molecule has 92 valence electrons. The maximum absolute atomic E-state index is 12.0. The Hall–Kier alpha value is -2.20. The normalized spacial score (nSPS) is 10.1. The highest BCUT2D eigenvalue weighted by Gasteiger charge is 2.07. The molecule has 4 nitrogen and oxygen atoms in total. The second-order valence-corrected chi connectivity index (χ2v) is 4.02. The predicted octanol–water partition coefficient (Wildman–Crippen LogP) is 2.10. The molecule has 2 aromatic rings. The Morgan fingerprint density at radius 2 is 2.00 bits per heavy atom. The minimum absolute atomic E-state index is 0.166. The van der Waals surface area contributed by atoms with Crippen LogP contribution in [0.5, 0.6) is 0 Å². The standard InChI is InChI=1S/C14H15N3O/c1-10-3-2-8-16-13(10)17-14(18)12-6-4-11(9-15)5-7-12/h2-8H,9,15H2,1H3,(H,16,17,18). The van der Waals surface area contributed by atoms with E-state index in [9.17, 15) is 4.79 Å². The highest BCUT2D eigenvalue weighted by molar-refractivity contribution is 6.04. The van der Waals surface area contributed by atoms with Gasteiger partial charge in [-0.05, 0) is 36.2 Å². The molecule has 0 fully saturated rings. The number of rotatable bonds is 3. The lowest BCUT2D eigenvalue weighted by atomic mass is 10.1. The van der Waals surface area contributed by atoms with E-state index in [1.54, 1.807) is 18.3 Å². The summed E-state index contributed by atoms with van der Waals surface area (Å²) in [6, 6.07) is 11.0. The number of carbonyl (C=O) groups is 1. The number of pyridine rings is 1. The molecular formula is C14H15N3O. The van der Waals surface area contributed by atoms with Crippen LogP contribution in [0.1, 0.15) is 21.5 Å². The number of nitrogens with zero attached hydrogens (tertiary/aromatic N) is 1. The lowest BCUT2D eigenvalue weighted by Gasteiger charge is -2.07. The van der Waals surface area contributed by atoms with Crippen LogP contribution in [0.25, 0.3) is 0 Å². The fourth-order valence-corrected chi connectivity index (χ4v) is 1.59. The number of aryl methyl sites for hydroxylation is 1. The third-order valence-electron chi connectivity index (χ3n) is 2.69. The monoisotopic (exact) mass is 241 g/mol. The molecule has 0 aliphatic heterocycles. The first-order valence-electron chi connectivity index (χ1n) is 5.72. The Morgan fingerprint density at radius 1 is 1.28 bits per heavy atom. The van der Waals surface area contributed by atoms with Gasteiger partial charge in [0.2, 0.25) is 0 Å². The van der Waals surface area contributed by atoms with E-state index in [1.807, 2.05) is 31.2 Å².